The van der Waals surface area contributed by atoms with Gasteiger partial charge in [0.05, 0.1) is 20.6 Å². The Kier molecular flexibility index (Phi) is 12.6. The van der Waals surface area contributed by atoms with Crippen molar-refractivity contribution in [3.8, 4) is 0 Å². The lowest BCUT2D eigenvalue weighted by atomic mass is 10.2. The lowest BCUT2D eigenvalue weighted by Crippen LogP contribution is -2.47. The fourth-order valence-electron chi connectivity index (χ4n) is 2.49. The van der Waals surface area contributed by atoms with E-state index in [2.05, 4.69) is 0 Å². The van der Waals surface area contributed by atoms with Crippen LogP contribution in [0.15, 0.2) is 30.3 Å². The number of carbonyl (C=O) groups excluding carboxylic acids is 1. The van der Waals surface area contributed by atoms with E-state index in [0.29, 0.717) is 17.6 Å². The van der Waals surface area contributed by atoms with E-state index in [-0.39, 0.29) is 5.97 Å². The summed E-state index contributed by atoms with van der Waals surface area (Å²) in [6.45, 7) is 1.45. The zero-order valence-corrected chi connectivity index (χ0v) is 20.5. The summed E-state index contributed by atoms with van der Waals surface area (Å²) in [7, 11) is 0.228. The Bertz CT molecular complexity index is 779. The number of quaternary nitrogens is 1. The number of halogens is 3. The number of carbonyl (C=O) groups is 1. The lowest BCUT2D eigenvalue weighted by Gasteiger charge is -2.30. The number of ether oxygens (including phenoxy) is 1. The molecule has 186 valence electrons. The van der Waals surface area contributed by atoms with Gasteiger partial charge in [-0.15, -0.1) is 0 Å². The minimum atomic E-state index is -6.09. The Morgan fingerprint density at radius 3 is 1.94 bits per heavy atom. The van der Waals surface area contributed by atoms with Crippen LogP contribution in [0.3, 0.4) is 0 Å². The Labute approximate surface area is 187 Å². The van der Waals surface area contributed by atoms with Crippen molar-refractivity contribution in [2.45, 2.75) is 24.6 Å². The molecule has 0 N–H and O–H groups in total. The fourth-order valence-corrected chi connectivity index (χ4v) is 4.20. The molecule has 1 aromatic rings. The predicted molar refractivity (Wildman–Crippen MR) is 110 cm³/mol. The summed E-state index contributed by atoms with van der Waals surface area (Å²) in [5, 5.41) is 0. The minimum Gasteiger partial charge on any atom is -0.741 e. The number of alkyl halides is 3. The van der Waals surface area contributed by atoms with Crippen LogP contribution in [0.5, 0.6) is 0 Å². The zero-order valence-electron chi connectivity index (χ0n) is 18.7. The highest BCUT2D eigenvalue weighted by Gasteiger charge is 2.38. The summed E-state index contributed by atoms with van der Waals surface area (Å²) < 4.78 is 81.1. The Balaban J connectivity index is 0.00000102. The average Bonchev–Trinajstić information content (AvgIpc) is 2.69. The molecule has 0 spiro atoms. The maximum absolute atomic E-state index is 12.1. The third kappa shape index (κ3) is 11.9. The van der Waals surface area contributed by atoms with Gasteiger partial charge in [0, 0.05) is 33.8 Å². The van der Waals surface area contributed by atoms with E-state index in [4.69, 9.17) is 31.0 Å². The van der Waals surface area contributed by atoms with Crippen LogP contribution >= 0.6 is 0 Å². The summed E-state index contributed by atoms with van der Waals surface area (Å²) >= 11 is 0. The quantitative estimate of drug-likeness (QED) is 0.148. The van der Waals surface area contributed by atoms with Gasteiger partial charge in [0.15, 0.2) is 16.7 Å². The van der Waals surface area contributed by atoms with Crippen molar-refractivity contribution < 1.29 is 53.4 Å². The molecule has 0 amide bonds. The number of rotatable bonds is 11. The van der Waals surface area contributed by atoms with Crippen LogP contribution < -0.4 is 0 Å². The summed E-state index contributed by atoms with van der Waals surface area (Å²) in [6.07, 6.45) is 0.848. The summed E-state index contributed by atoms with van der Waals surface area (Å²) in [4.78, 5) is 12.1. The van der Waals surface area contributed by atoms with E-state index in [0.717, 1.165) is 24.6 Å². The molecule has 0 saturated heterocycles. The lowest BCUT2D eigenvalue weighted by molar-refractivity contribution is -0.883. The molecule has 0 aromatic heterocycles. The summed E-state index contributed by atoms with van der Waals surface area (Å²) in [5.74, 6) is -0.197. The first-order chi connectivity index (χ1) is 14.6. The Morgan fingerprint density at radius 2 is 1.53 bits per heavy atom. The molecule has 0 saturated carbocycles. The maximum atomic E-state index is 12.1. The fraction of sp³-hybridized carbons (Fsp3) is 0.611. The monoisotopic (exact) mass is 505 g/mol. The van der Waals surface area contributed by atoms with Gasteiger partial charge in [-0.05, 0) is 5.56 Å². The molecular weight excluding hydrogens is 475 g/mol. The molecule has 14 heteroatoms. The molecule has 0 unspecified atom stereocenters. The van der Waals surface area contributed by atoms with E-state index >= 15 is 0 Å². The molecular formula is C18H30F3NO8SSi. The summed E-state index contributed by atoms with van der Waals surface area (Å²) in [6, 6.07) is 10.4. The van der Waals surface area contributed by atoms with Gasteiger partial charge in [0.1, 0.15) is 6.61 Å². The van der Waals surface area contributed by atoms with Gasteiger partial charge in [-0.25, -0.2) is 13.2 Å². The van der Waals surface area contributed by atoms with Crippen LogP contribution in [0, 0.1) is 0 Å². The van der Waals surface area contributed by atoms with E-state index in [9.17, 15) is 18.0 Å². The molecule has 0 atom stereocenters. The van der Waals surface area contributed by atoms with Crippen LogP contribution in [-0.2, 0) is 39.5 Å². The summed E-state index contributed by atoms with van der Waals surface area (Å²) in [5.41, 5.74) is -4.65. The second-order valence-electron chi connectivity index (χ2n) is 7.26. The molecule has 0 radical (unpaired) electrons. The van der Waals surface area contributed by atoms with Crippen molar-refractivity contribution in [2.24, 2.45) is 0 Å². The van der Waals surface area contributed by atoms with E-state index < -0.39 is 24.4 Å². The van der Waals surface area contributed by atoms with Gasteiger partial charge in [0.2, 0.25) is 0 Å². The maximum Gasteiger partial charge on any atom is 0.500 e. The molecule has 0 fully saturated rings. The van der Waals surface area contributed by atoms with Gasteiger partial charge in [0.25, 0.3) is 0 Å². The van der Waals surface area contributed by atoms with Gasteiger partial charge in [-0.2, -0.15) is 13.2 Å². The van der Waals surface area contributed by atoms with Crippen LogP contribution in [-0.4, -0.2) is 86.2 Å². The Hall–Kier alpha value is -1.55. The van der Waals surface area contributed by atoms with Gasteiger partial charge in [-0.3, -0.25) is 0 Å². The predicted octanol–water partition coefficient (Wildman–Crippen LogP) is 2.13. The third-order valence-electron chi connectivity index (χ3n) is 4.26. The first-order valence-electron chi connectivity index (χ1n) is 9.30. The largest absolute Gasteiger partial charge is 0.741 e. The SMILES string of the molecule is CO[Si](CCC[N+](C)(C)CC(=O)OCc1ccccc1)(OC)OC.O=S(=O)([O-])C(F)(F)F. The highest BCUT2D eigenvalue weighted by Crippen LogP contribution is 2.20. The van der Waals surface area contributed by atoms with E-state index in [1.54, 1.807) is 21.3 Å². The second-order valence-corrected chi connectivity index (χ2v) is 11.7. The molecule has 0 aliphatic carbocycles. The second kappa shape index (κ2) is 13.2. The number of hydrogen-bond donors (Lipinski definition) is 0. The third-order valence-corrected chi connectivity index (χ3v) is 7.66. The first-order valence-corrected chi connectivity index (χ1v) is 12.6. The molecule has 0 bridgehead atoms. The number of likely N-dealkylation sites (N-methyl/N-ethyl adjacent to an activating group) is 1. The van der Waals surface area contributed by atoms with Crippen LogP contribution in [0.25, 0.3) is 0 Å². The Morgan fingerprint density at radius 1 is 1.06 bits per heavy atom. The van der Waals surface area contributed by atoms with Crippen molar-refractivity contribution >= 4 is 24.9 Å². The van der Waals surface area contributed by atoms with Crippen molar-refractivity contribution in [3.63, 3.8) is 0 Å². The normalized spacial score (nSPS) is 12.7. The van der Waals surface area contributed by atoms with Crippen molar-refractivity contribution in [2.75, 3.05) is 48.5 Å². The first kappa shape index (κ1) is 30.4. The smallest absolute Gasteiger partial charge is 0.500 e. The molecule has 0 aliphatic rings. The van der Waals surface area contributed by atoms with E-state index in [1.807, 2.05) is 44.4 Å². The number of benzene rings is 1. The molecule has 32 heavy (non-hydrogen) atoms. The van der Waals surface area contributed by atoms with E-state index in [1.165, 1.54) is 0 Å². The molecule has 1 rings (SSSR count). The van der Waals surface area contributed by atoms with Gasteiger partial charge < -0.3 is 27.1 Å². The molecule has 1 aromatic carbocycles. The standard InChI is InChI=1S/C17H30NO5Si.CHF3O3S/c1-18(2,12-9-13-24(20-3,21-4)22-5)14-17(19)23-15-16-10-7-6-8-11-16;2-1(3,4)8(5,6)7/h6-8,10-11H,9,12-15H2,1-5H3;(H,5,6,7)/q+1;/p-1. The minimum absolute atomic E-state index is 0.197. The van der Waals surface area contributed by atoms with Crippen LogP contribution in [0.1, 0.15) is 12.0 Å². The van der Waals surface area contributed by atoms with Gasteiger partial charge >= 0.3 is 20.3 Å². The zero-order chi connectivity index (χ0) is 25.1. The number of hydrogen-bond acceptors (Lipinski definition) is 8. The topological polar surface area (TPSA) is 111 Å². The highest BCUT2D eigenvalue weighted by molar-refractivity contribution is 7.86. The van der Waals surface area contributed by atoms with Crippen molar-refractivity contribution in [3.05, 3.63) is 35.9 Å². The molecule has 0 heterocycles. The molecule has 0 aliphatic heterocycles. The van der Waals surface area contributed by atoms with Crippen molar-refractivity contribution in [1.29, 1.82) is 0 Å². The van der Waals surface area contributed by atoms with Crippen LogP contribution in [0.4, 0.5) is 13.2 Å². The van der Waals surface area contributed by atoms with Crippen molar-refractivity contribution in [1.82, 2.24) is 0 Å². The number of nitrogens with zero attached hydrogens (tertiary/aromatic N) is 1. The molecule has 9 nitrogen and oxygen atoms in total. The van der Waals surface area contributed by atoms with Crippen LogP contribution in [0.2, 0.25) is 6.04 Å². The number of esters is 1. The highest BCUT2D eigenvalue weighted by atomic mass is 32.2. The van der Waals surface area contributed by atoms with Gasteiger partial charge in [-0.1, -0.05) is 30.3 Å². The average molecular weight is 506 g/mol.